The van der Waals surface area contributed by atoms with Gasteiger partial charge in [0.25, 0.3) is 0 Å². The van der Waals surface area contributed by atoms with Gasteiger partial charge in [-0.1, -0.05) is 62.3 Å². The third-order valence-electron chi connectivity index (χ3n) is 9.27. The Balaban J connectivity index is 2.42. The molecule has 0 unspecified atom stereocenters. The van der Waals surface area contributed by atoms with E-state index in [1.54, 1.807) is 0 Å². The van der Waals surface area contributed by atoms with Crippen molar-refractivity contribution < 1.29 is 18.0 Å². The van der Waals surface area contributed by atoms with E-state index in [0.29, 0.717) is 6.61 Å². The lowest BCUT2D eigenvalue weighted by Gasteiger charge is -2.48. The molecule has 4 atom stereocenters. The van der Waals surface area contributed by atoms with E-state index in [1.807, 2.05) is 0 Å². The Morgan fingerprint density at radius 3 is 1.70 bits per heavy atom. The highest BCUT2D eigenvalue weighted by Crippen LogP contribution is 2.54. The van der Waals surface area contributed by atoms with Crippen LogP contribution in [0.4, 0.5) is 0 Å². The first-order valence-electron chi connectivity index (χ1n) is 12.8. The first-order valence-corrected chi connectivity index (χ1v) is 21.5. The summed E-state index contributed by atoms with van der Waals surface area (Å²) in [5, 5.41) is 0.429. The lowest BCUT2D eigenvalue weighted by molar-refractivity contribution is -0.0301. The number of fused-ring (bicyclic) bond motifs is 1. The zero-order valence-electron chi connectivity index (χ0n) is 24.6. The molecule has 4 nitrogen and oxygen atoms in total. The molecular weight excluding hydrogens is 461 g/mol. The second-order valence-corrected chi connectivity index (χ2v) is 29.3. The largest absolute Gasteiger partial charge is 0.413 e. The molecule has 0 spiro atoms. The molecule has 0 aromatic heterocycles. The summed E-state index contributed by atoms with van der Waals surface area (Å²) in [5.41, 5.74) is 0.698. The van der Waals surface area contributed by atoms with Gasteiger partial charge in [-0.25, -0.2) is 0 Å². The maximum absolute atomic E-state index is 7.25. The summed E-state index contributed by atoms with van der Waals surface area (Å²) in [5.74, 6) is 0. The molecule has 1 heterocycles. The molecule has 0 radical (unpaired) electrons. The van der Waals surface area contributed by atoms with Crippen LogP contribution in [-0.4, -0.2) is 55.5 Å². The molecule has 2 rings (SSSR count). The molecule has 0 saturated carbocycles. The number of rotatable bonds is 8. The van der Waals surface area contributed by atoms with E-state index in [1.165, 1.54) is 5.57 Å². The van der Waals surface area contributed by atoms with Crippen molar-refractivity contribution >= 4 is 25.0 Å². The normalized spacial score (nSPS) is 27.9. The summed E-state index contributed by atoms with van der Waals surface area (Å²) < 4.78 is 27.1. The van der Waals surface area contributed by atoms with Crippen LogP contribution in [0.15, 0.2) is 11.6 Å². The van der Waals surface area contributed by atoms with Crippen LogP contribution in [0.3, 0.4) is 0 Å². The Morgan fingerprint density at radius 1 is 0.818 bits per heavy atom. The Morgan fingerprint density at radius 2 is 1.27 bits per heavy atom. The Labute approximate surface area is 208 Å². The smallest absolute Gasteiger partial charge is 0.193 e. The molecule has 194 valence electrons. The number of ether oxygens (including phenoxy) is 1. The van der Waals surface area contributed by atoms with Crippen molar-refractivity contribution in [3.8, 4) is 0 Å². The first kappa shape index (κ1) is 29.5. The quantitative estimate of drug-likeness (QED) is 0.187. The average molecular weight is 515 g/mol. The number of hydrogen-bond acceptors (Lipinski definition) is 4. The van der Waals surface area contributed by atoms with Gasteiger partial charge in [0.05, 0.1) is 12.7 Å². The van der Waals surface area contributed by atoms with E-state index in [0.717, 1.165) is 0 Å². The average Bonchev–Trinajstić information content (AvgIpc) is 3.29. The fourth-order valence-electron chi connectivity index (χ4n) is 3.62. The van der Waals surface area contributed by atoms with E-state index < -0.39 is 30.6 Å². The van der Waals surface area contributed by atoms with Crippen LogP contribution in [0.5, 0.6) is 0 Å². The van der Waals surface area contributed by atoms with Crippen molar-refractivity contribution in [3.05, 3.63) is 11.6 Å². The van der Waals surface area contributed by atoms with Crippen LogP contribution in [0.2, 0.25) is 54.4 Å². The third-order valence-corrected chi connectivity index (χ3v) is 22.8. The van der Waals surface area contributed by atoms with Crippen molar-refractivity contribution in [2.45, 2.75) is 148 Å². The van der Waals surface area contributed by atoms with Crippen LogP contribution in [0.25, 0.3) is 0 Å². The minimum atomic E-state index is -2.08. The van der Waals surface area contributed by atoms with Gasteiger partial charge in [-0.15, -0.1) is 0 Å². The van der Waals surface area contributed by atoms with Gasteiger partial charge in [-0.3, -0.25) is 0 Å². The second kappa shape index (κ2) is 8.67. The molecule has 0 bridgehead atoms. The predicted molar refractivity (Wildman–Crippen MR) is 149 cm³/mol. The summed E-state index contributed by atoms with van der Waals surface area (Å²) in [6.45, 7) is 37.5. The monoisotopic (exact) mass is 514 g/mol. The van der Waals surface area contributed by atoms with Crippen LogP contribution >= 0.6 is 0 Å². The Hall–Kier alpha value is 0.231. The van der Waals surface area contributed by atoms with Crippen molar-refractivity contribution in [3.63, 3.8) is 0 Å². The summed E-state index contributed by atoms with van der Waals surface area (Å²) >= 11 is 0. The SMILES string of the molecule is C[C@H](O[Si](C)(C)C(C)(C)C)[C@]1(O[Si](C)(C)C(C)(C)C)C=C(CO[Si](C)(C)C(C)(C)C)[C@H]2O[C@H]21. The highest BCUT2D eigenvalue weighted by molar-refractivity contribution is 6.75. The fourth-order valence-corrected chi connectivity index (χ4v) is 7.53. The maximum atomic E-state index is 7.25. The van der Waals surface area contributed by atoms with Gasteiger partial charge in [0.15, 0.2) is 25.0 Å². The molecular formula is C26H54O4Si3. The van der Waals surface area contributed by atoms with Gasteiger partial charge in [-0.2, -0.15) is 0 Å². The molecule has 7 heteroatoms. The minimum Gasteiger partial charge on any atom is -0.413 e. The van der Waals surface area contributed by atoms with E-state index in [4.69, 9.17) is 18.0 Å². The predicted octanol–water partition coefficient (Wildman–Crippen LogP) is 7.89. The highest BCUT2D eigenvalue weighted by Gasteiger charge is 2.66. The topological polar surface area (TPSA) is 40.2 Å². The standard InChI is InChI=1S/C26H54O4Si3/c1-19(29-32(13,14)24(5,6)7)26(30-33(15,16)25(8,9)10)17-20(21-22(26)28-21)18-27-31(11,12)23(2,3)4/h17,19,21-22H,18H2,1-16H3/t19-,21+,22+,26+/m0/s1. The molecule has 1 saturated heterocycles. The molecule has 0 N–H and O–H groups in total. The highest BCUT2D eigenvalue weighted by atomic mass is 28.4. The van der Waals surface area contributed by atoms with Crippen LogP contribution in [-0.2, 0) is 18.0 Å². The van der Waals surface area contributed by atoms with E-state index >= 15 is 0 Å². The Kier molecular flexibility index (Phi) is 7.74. The van der Waals surface area contributed by atoms with Gasteiger partial charge in [0.1, 0.15) is 17.8 Å². The Bertz CT molecular complexity index is 753. The summed E-state index contributed by atoms with van der Waals surface area (Å²) in [6.07, 6.45) is 2.42. The van der Waals surface area contributed by atoms with Gasteiger partial charge >= 0.3 is 0 Å². The molecule has 1 fully saturated rings. The van der Waals surface area contributed by atoms with Crippen molar-refractivity contribution in [2.75, 3.05) is 6.61 Å². The van der Waals surface area contributed by atoms with Crippen LogP contribution in [0, 0.1) is 0 Å². The maximum Gasteiger partial charge on any atom is 0.193 e. The molecule has 33 heavy (non-hydrogen) atoms. The van der Waals surface area contributed by atoms with Gasteiger partial charge < -0.3 is 18.0 Å². The lowest BCUT2D eigenvalue weighted by Crippen LogP contribution is -2.59. The van der Waals surface area contributed by atoms with Crippen molar-refractivity contribution in [2.24, 2.45) is 0 Å². The summed E-state index contributed by atoms with van der Waals surface area (Å²) in [7, 11) is -5.92. The first-order chi connectivity index (χ1) is 14.4. The van der Waals surface area contributed by atoms with Gasteiger partial charge in [0.2, 0.25) is 0 Å². The second-order valence-electron chi connectivity index (χ2n) is 15.0. The minimum absolute atomic E-state index is 0.0319. The lowest BCUT2D eigenvalue weighted by atomic mass is 9.97. The summed E-state index contributed by atoms with van der Waals surface area (Å²) in [4.78, 5) is 0. The molecule has 2 aliphatic rings. The van der Waals surface area contributed by atoms with E-state index in [9.17, 15) is 0 Å². The number of hydrogen-bond donors (Lipinski definition) is 0. The third kappa shape index (κ3) is 5.81. The van der Waals surface area contributed by atoms with E-state index in [2.05, 4.69) is 115 Å². The van der Waals surface area contributed by atoms with Crippen LogP contribution in [0.1, 0.15) is 69.2 Å². The molecule has 1 aliphatic carbocycles. The molecule has 0 amide bonds. The molecule has 1 aliphatic heterocycles. The fraction of sp³-hybridized carbons (Fsp3) is 0.923. The summed E-state index contributed by atoms with van der Waals surface area (Å²) in [6, 6.07) is 0. The zero-order valence-corrected chi connectivity index (χ0v) is 27.6. The van der Waals surface area contributed by atoms with E-state index in [-0.39, 0.29) is 33.4 Å². The van der Waals surface area contributed by atoms with Gasteiger partial charge in [0, 0.05) is 0 Å². The van der Waals surface area contributed by atoms with Crippen molar-refractivity contribution in [1.82, 2.24) is 0 Å². The van der Waals surface area contributed by atoms with Gasteiger partial charge in [-0.05, 0) is 73.0 Å². The molecule has 0 aromatic rings. The van der Waals surface area contributed by atoms with Crippen molar-refractivity contribution in [1.29, 1.82) is 0 Å². The van der Waals surface area contributed by atoms with Crippen LogP contribution < -0.4 is 0 Å². The zero-order chi connectivity index (χ0) is 26.1. The molecule has 0 aromatic carbocycles. The number of epoxide rings is 1.